The maximum Gasteiger partial charge on any atom is 0.341 e. The van der Waals surface area contributed by atoms with Crippen LogP contribution < -0.4 is 4.74 Å². The molecule has 0 unspecified atom stereocenters. The van der Waals surface area contributed by atoms with Crippen LogP contribution in [0.3, 0.4) is 0 Å². The van der Waals surface area contributed by atoms with Crippen molar-refractivity contribution in [3.8, 4) is 11.8 Å². The Hall–Kier alpha value is -4.34. The van der Waals surface area contributed by atoms with Crippen molar-refractivity contribution in [3.05, 3.63) is 71.9 Å². The number of rotatable bonds is 6. The molecule has 0 amide bonds. The van der Waals surface area contributed by atoms with Crippen molar-refractivity contribution in [2.45, 2.75) is 19.9 Å². The first-order valence-corrected chi connectivity index (χ1v) is 10.7. The minimum atomic E-state index is -0.762. The lowest BCUT2D eigenvalue weighted by Gasteiger charge is -2.15. The van der Waals surface area contributed by atoms with Crippen LogP contribution in [0.25, 0.3) is 27.8 Å². The predicted molar refractivity (Wildman–Crippen MR) is 123 cm³/mol. The van der Waals surface area contributed by atoms with Gasteiger partial charge in [0.25, 0.3) is 11.9 Å². The lowest BCUT2D eigenvalue weighted by molar-refractivity contribution is 0.0526. The average Bonchev–Trinajstić information content (AvgIpc) is 3.48. The lowest BCUT2D eigenvalue weighted by Crippen LogP contribution is -2.11. The highest BCUT2D eigenvalue weighted by Gasteiger charge is 2.24. The van der Waals surface area contributed by atoms with Gasteiger partial charge in [-0.2, -0.15) is 14.5 Å². The molecule has 3 heterocycles. The molecule has 2 aromatic carbocycles. The molecule has 0 N–H and O–H groups in total. The molecule has 0 aliphatic carbocycles. The van der Waals surface area contributed by atoms with Crippen molar-refractivity contribution in [2.24, 2.45) is 0 Å². The summed E-state index contributed by atoms with van der Waals surface area (Å²) in [6.07, 6.45) is 2.75. The number of carbonyl (C=O) groups is 1. The lowest BCUT2D eigenvalue weighted by atomic mass is 10.0. The summed E-state index contributed by atoms with van der Waals surface area (Å²) in [6.45, 7) is 3.87. The monoisotopic (exact) mass is 460 g/mol. The molecule has 34 heavy (non-hydrogen) atoms. The number of nitrogens with zero attached hydrogens (tertiary/aromatic N) is 6. The summed E-state index contributed by atoms with van der Waals surface area (Å²) >= 11 is 0. The third-order valence-corrected chi connectivity index (χ3v) is 5.58. The van der Waals surface area contributed by atoms with E-state index >= 15 is 4.39 Å². The van der Waals surface area contributed by atoms with Gasteiger partial charge >= 0.3 is 5.97 Å². The molecule has 5 rings (SSSR count). The van der Waals surface area contributed by atoms with Gasteiger partial charge in [0, 0.05) is 6.20 Å². The summed E-state index contributed by atoms with van der Waals surface area (Å²) in [5.74, 6) is -1.11. The van der Waals surface area contributed by atoms with E-state index in [9.17, 15) is 4.79 Å². The molecule has 1 atom stereocenters. The fourth-order valence-electron chi connectivity index (χ4n) is 3.85. The van der Waals surface area contributed by atoms with Crippen LogP contribution in [0.4, 0.5) is 4.39 Å². The highest BCUT2D eigenvalue weighted by Crippen LogP contribution is 2.31. The summed E-state index contributed by atoms with van der Waals surface area (Å²) < 4.78 is 28.2. The smallest absolute Gasteiger partial charge is 0.341 e. The van der Waals surface area contributed by atoms with Gasteiger partial charge in [-0.1, -0.05) is 36.4 Å². The van der Waals surface area contributed by atoms with Crippen molar-refractivity contribution < 1.29 is 18.7 Å². The van der Waals surface area contributed by atoms with E-state index in [1.165, 1.54) is 28.9 Å². The highest BCUT2D eigenvalue weighted by atomic mass is 19.1. The second kappa shape index (κ2) is 8.54. The number of ether oxygens (including phenoxy) is 2. The number of fused-ring (bicyclic) bond motifs is 2. The number of methoxy groups -OCH3 is 1. The Balaban J connectivity index is 1.59. The molecule has 0 aliphatic heterocycles. The SMILES string of the molecule is CCOC(=O)c1cnn(-c2nc(OC)c3c(n2)c(F)nn3[C@@H](C)c2ccc3ccccc3c2)c1. The summed E-state index contributed by atoms with van der Waals surface area (Å²) in [5.41, 5.74) is 1.48. The number of hydrogen-bond donors (Lipinski definition) is 0. The molecule has 0 fully saturated rings. The molecule has 172 valence electrons. The van der Waals surface area contributed by atoms with Gasteiger partial charge in [0.05, 0.1) is 31.5 Å². The first kappa shape index (κ1) is 21.5. The Labute approximate surface area is 193 Å². The second-order valence-corrected chi connectivity index (χ2v) is 7.64. The molecule has 0 saturated heterocycles. The fourth-order valence-corrected chi connectivity index (χ4v) is 3.85. The van der Waals surface area contributed by atoms with Crippen molar-refractivity contribution in [1.29, 1.82) is 0 Å². The Bertz CT molecular complexity index is 1530. The molecule has 0 saturated carbocycles. The Morgan fingerprint density at radius 3 is 2.71 bits per heavy atom. The zero-order valence-electron chi connectivity index (χ0n) is 18.8. The van der Waals surface area contributed by atoms with E-state index < -0.39 is 11.9 Å². The van der Waals surface area contributed by atoms with Gasteiger partial charge in [0.15, 0.2) is 11.0 Å². The van der Waals surface area contributed by atoms with E-state index in [1.54, 1.807) is 6.92 Å². The molecule has 5 aromatic rings. The number of carbonyl (C=O) groups excluding carboxylic acids is 1. The number of halogens is 1. The van der Waals surface area contributed by atoms with Crippen LogP contribution in [-0.2, 0) is 4.74 Å². The zero-order chi connectivity index (χ0) is 23.8. The van der Waals surface area contributed by atoms with Gasteiger partial charge in [-0.3, -0.25) is 0 Å². The number of benzene rings is 2. The van der Waals surface area contributed by atoms with Crippen LogP contribution >= 0.6 is 0 Å². The average molecular weight is 460 g/mol. The van der Waals surface area contributed by atoms with Crippen LogP contribution in [0.1, 0.15) is 35.8 Å². The van der Waals surface area contributed by atoms with Crippen molar-refractivity contribution in [1.82, 2.24) is 29.5 Å². The second-order valence-electron chi connectivity index (χ2n) is 7.64. The standard InChI is InChI=1S/C24H21FN6O3/c1-4-34-23(32)18-12-26-30(13-18)24-27-19-20(22(28-24)33-3)31(29-21(19)25)14(2)16-10-9-15-7-5-6-8-17(15)11-16/h5-14H,4H2,1-3H3/t14-/m0/s1. The minimum absolute atomic E-state index is 0.0114. The zero-order valence-corrected chi connectivity index (χ0v) is 18.8. The first-order valence-electron chi connectivity index (χ1n) is 10.7. The van der Waals surface area contributed by atoms with Crippen LogP contribution in [-0.4, -0.2) is 49.2 Å². The van der Waals surface area contributed by atoms with Gasteiger partial charge in [0.1, 0.15) is 0 Å². The number of hydrogen-bond acceptors (Lipinski definition) is 7. The maximum absolute atomic E-state index is 15.0. The first-order chi connectivity index (χ1) is 16.5. The van der Waals surface area contributed by atoms with Gasteiger partial charge < -0.3 is 9.47 Å². The van der Waals surface area contributed by atoms with E-state index in [1.807, 2.05) is 49.4 Å². The number of esters is 1. The predicted octanol–water partition coefficient (Wildman–Crippen LogP) is 4.10. The molecular weight excluding hydrogens is 439 g/mol. The maximum atomic E-state index is 15.0. The Morgan fingerprint density at radius 1 is 1.15 bits per heavy atom. The molecule has 9 nitrogen and oxygen atoms in total. The van der Waals surface area contributed by atoms with E-state index in [0.717, 1.165) is 16.3 Å². The highest BCUT2D eigenvalue weighted by molar-refractivity contribution is 5.89. The Kier molecular flexibility index (Phi) is 5.40. The van der Waals surface area contributed by atoms with Crippen LogP contribution in [0.2, 0.25) is 0 Å². The molecule has 10 heteroatoms. The molecule has 0 aliphatic rings. The molecule has 0 radical (unpaired) electrons. The van der Waals surface area contributed by atoms with Gasteiger partial charge in [-0.15, -0.1) is 5.10 Å². The summed E-state index contributed by atoms with van der Waals surface area (Å²) in [5, 5.41) is 10.4. The largest absolute Gasteiger partial charge is 0.479 e. The van der Waals surface area contributed by atoms with Crippen LogP contribution in [0.15, 0.2) is 54.9 Å². The minimum Gasteiger partial charge on any atom is -0.479 e. The van der Waals surface area contributed by atoms with Crippen molar-refractivity contribution in [2.75, 3.05) is 13.7 Å². The third kappa shape index (κ3) is 3.62. The van der Waals surface area contributed by atoms with Crippen molar-refractivity contribution in [3.63, 3.8) is 0 Å². The van der Waals surface area contributed by atoms with E-state index in [2.05, 4.69) is 20.2 Å². The normalized spacial score (nSPS) is 12.2. The van der Waals surface area contributed by atoms with Gasteiger partial charge in [-0.25, -0.2) is 19.1 Å². The van der Waals surface area contributed by atoms with Gasteiger partial charge in [0.2, 0.25) is 5.88 Å². The van der Waals surface area contributed by atoms with Crippen LogP contribution in [0.5, 0.6) is 5.88 Å². The third-order valence-electron chi connectivity index (χ3n) is 5.58. The van der Waals surface area contributed by atoms with Crippen molar-refractivity contribution >= 4 is 27.8 Å². The summed E-state index contributed by atoms with van der Waals surface area (Å²) in [7, 11) is 1.44. The summed E-state index contributed by atoms with van der Waals surface area (Å²) in [6, 6.07) is 13.8. The van der Waals surface area contributed by atoms with E-state index in [4.69, 9.17) is 9.47 Å². The molecule has 0 bridgehead atoms. The Morgan fingerprint density at radius 2 is 1.94 bits per heavy atom. The van der Waals surface area contributed by atoms with E-state index in [-0.39, 0.29) is 35.6 Å². The number of aromatic nitrogens is 6. The molecule has 0 spiro atoms. The topological polar surface area (TPSA) is 96.9 Å². The molecular formula is C24H21FN6O3. The summed E-state index contributed by atoms with van der Waals surface area (Å²) in [4.78, 5) is 20.7. The fraction of sp³-hybridized carbons (Fsp3) is 0.208. The van der Waals surface area contributed by atoms with Gasteiger partial charge in [-0.05, 0) is 36.2 Å². The molecule has 3 aromatic heterocycles. The quantitative estimate of drug-likeness (QED) is 0.352. The van der Waals surface area contributed by atoms with Crippen LogP contribution in [0, 0.1) is 5.95 Å². The van der Waals surface area contributed by atoms with E-state index in [0.29, 0.717) is 5.52 Å².